The van der Waals surface area contributed by atoms with Gasteiger partial charge in [-0.1, -0.05) is 97.1 Å². The fourth-order valence-electron chi connectivity index (χ4n) is 6.88. The van der Waals surface area contributed by atoms with Gasteiger partial charge in [-0.25, -0.2) is 0 Å². The number of hydrogen-bond donors (Lipinski definition) is 0. The Bertz CT molecular complexity index is 2000. The van der Waals surface area contributed by atoms with E-state index in [-0.39, 0.29) is 22.9 Å². The second-order valence-electron chi connectivity index (χ2n) is 12.5. The molecule has 2 atom stereocenters. The highest BCUT2D eigenvalue weighted by Crippen LogP contribution is 2.39. The van der Waals surface area contributed by atoms with Crippen molar-refractivity contribution in [2.24, 2.45) is 0 Å². The molecule has 0 aliphatic heterocycles. The maximum atomic E-state index is 11.1. The van der Waals surface area contributed by atoms with Crippen molar-refractivity contribution in [1.82, 2.24) is 0 Å². The van der Waals surface area contributed by atoms with Gasteiger partial charge in [0.25, 0.3) is 0 Å². The van der Waals surface area contributed by atoms with Crippen molar-refractivity contribution in [2.45, 2.75) is 37.5 Å². The van der Waals surface area contributed by atoms with Gasteiger partial charge in [-0.2, -0.15) is 0 Å². The maximum absolute atomic E-state index is 11.1. The fourth-order valence-corrected chi connectivity index (χ4v) is 6.88. The number of para-hydroxylation sites is 4. The quantitative estimate of drug-likeness (QED) is 0.119. The molecule has 248 valence electrons. The van der Waals surface area contributed by atoms with Crippen LogP contribution >= 0.6 is 0 Å². The molecule has 0 bridgehead atoms. The van der Waals surface area contributed by atoms with Gasteiger partial charge >= 0.3 is 11.4 Å². The topological polar surface area (TPSA) is 105 Å². The normalized spacial score (nSPS) is 15.6. The van der Waals surface area contributed by atoms with Crippen LogP contribution in [0.1, 0.15) is 45.2 Å². The molecule has 0 fully saturated rings. The van der Waals surface area contributed by atoms with Crippen molar-refractivity contribution >= 4 is 11.4 Å². The summed E-state index contributed by atoms with van der Waals surface area (Å²) in [6, 6.07) is 45.9. The van der Waals surface area contributed by atoms with E-state index < -0.39 is 9.85 Å². The van der Waals surface area contributed by atoms with Gasteiger partial charge < -0.3 is 9.47 Å². The van der Waals surface area contributed by atoms with Crippen molar-refractivity contribution in [1.29, 1.82) is 0 Å². The molecule has 2 aliphatic rings. The molecule has 0 saturated carbocycles. The average Bonchev–Trinajstić information content (AvgIpc) is 3.77. The molecule has 6 aromatic carbocycles. The Morgan fingerprint density at radius 3 is 1.20 bits per heavy atom. The summed E-state index contributed by atoms with van der Waals surface area (Å²) in [7, 11) is 0. The number of nitro groups is 2. The Labute approximate surface area is 289 Å². The van der Waals surface area contributed by atoms with Crippen LogP contribution in [0.4, 0.5) is 11.4 Å². The average molecular weight is 663 g/mol. The van der Waals surface area contributed by atoms with Crippen LogP contribution in [0.15, 0.2) is 146 Å². The predicted molar refractivity (Wildman–Crippen MR) is 192 cm³/mol. The first-order valence-corrected chi connectivity index (χ1v) is 16.6. The first-order valence-electron chi connectivity index (χ1n) is 16.6. The van der Waals surface area contributed by atoms with E-state index in [9.17, 15) is 20.2 Å². The Kier molecular flexibility index (Phi) is 9.33. The molecule has 0 radical (unpaired) electrons. The second-order valence-corrected chi connectivity index (χ2v) is 12.5. The SMILES string of the molecule is O=[N+]([O-])c1ccccc1Oc1ccc2c(c1)CC(c1ccccc1)C2.O=[N+]([O-])c1ccccc1Oc1ccc2c(c1)CC(c1ccccc1)C2. The van der Waals surface area contributed by atoms with Crippen LogP contribution in [0.3, 0.4) is 0 Å². The molecule has 0 heterocycles. The molecule has 50 heavy (non-hydrogen) atoms. The van der Waals surface area contributed by atoms with E-state index in [2.05, 4.69) is 60.7 Å². The highest BCUT2D eigenvalue weighted by atomic mass is 16.6. The summed E-state index contributed by atoms with van der Waals surface area (Å²) < 4.78 is 11.6. The lowest BCUT2D eigenvalue weighted by Gasteiger charge is -2.08. The number of hydrogen-bond acceptors (Lipinski definition) is 6. The Morgan fingerprint density at radius 2 is 0.800 bits per heavy atom. The molecule has 0 N–H and O–H groups in total. The molecule has 8 heteroatoms. The zero-order valence-corrected chi connectivity index (χ0v) is 27.2. The first-order chi connectivity index (χ1) is 24.4. The first kappa shape index (κ1) is 32.3. The maximum Gasteiger partial charge on any atom is 0.311 e. The predicted octanol–water partition coefficient (Wildman–Crippen LogP) is 10.5. The summed E-state index contributed by atoms with van der Waals surface area (Å²) in [5.41, 5.74) is 7.80. The minimum Gasteiger partial charge on any atom is -0.450 e. The summed E-state index contributed by atoms with van der Waals surface area (Å²) in [6.45, 7) is 0. The lowest BCUT2D eigenvalue weighted by Crippen LogP contribution is -1.96. The van der Waals surface area contributed by atoms with Gasteiger partial charge in [-0.3, -0.25) is 20.2 Å². The van der Waals surface area contributed by atoms with Gasteiger partial charge in [0, 0.05) is 12.1 Å². The summed E-state index contributed by atoms with van der Waals surface area (Å²) in [5.74, 6) is 2.79. The summed E-state index contributed by atoms with van der Waals surface area (Å²) in [6.07, 6.45) is 3.97. The molecule has 0 saturated heterocycles. The number of nitrogens with zero attached hydrogens (tertiary/aromatic N) is 2. The van der Waals surface area contributed by atoms with Gasteiger partial charge in [0.2, 0.25) is 11.5 Å². The lowest BCUT2D eigenvalue weighted by molar-refractivity contribution is -0.385. The van der Waals surface area contributed by atoms with E-state index in [4.69, 9.17) is 9.47 Å². The van der Waals surface area contributed by atoms with Crippen LogP contribution in [0, 0.1) is 20.2 Å². The van der Waals surface area contributed by atoms with Gasteiger partial charge in [0.15, 0.2) is 0 Å². The number of benzene rings is 6. The summed E-state index contributed by atoms with van der Waals surface area (Å²) in [4.78, 5) is 21.4. The van der Waals surface area contributed by atoms with E-state index >= 15 is 0 Å². The standard InChI is InChI=1S/2C21H17NO3/c2*23-22(24)20-8-4-5-9-21(20)25-19-11-10-16-12-17(13-18(16)14-19)15-6-2-1-3-7-15/h2*1-11,14,17H,12-13H2. The van der Waals surface area contributed by atoms with E-state index in [1.807, 2.05) is 36.4 Å². The highest BCUT2D eigenvalue weighted by Gasteiger charge is 2.25. The monoisotopic (exact) mass is 662 g/mol. The zero-order valence-electron chi connectivity index (χ0n) is 27.2. The number of rotatable bonds is 8. The molecule has 0 spiro atoms. The van der Waals surface area contributed by atoms with Gasteiger partial charge in [0.05, 0.1) is 9.85 Å². The third-order valence-corrected chi connectivity index (χ3v) is 9.34. The molecule has 2 aliphatic carbocycles. The van der Waals surface area contributed by atoms with Gasteiger partial charge in [-0.15, -0.1) is 0 Å². The molecule has 0 aromatic heterocycles. The Hall–Kier alpha value is -6.28. The third-order valence-electron chi connectivity index (χ3n) is 9.34. The molecule has 0 amide bonds. The van der Waals surface area contributed by atoms with Gasteiger partial charge in [0.1, 0.15) is 11.5 Å². The van der Waals surface area contributed by atoms with Crippen LogP contribution in [0.25, 0.3) is 0 Å². The number of ether oxygens (including phenoxy) is 2. The van der Waals surface area contributed by atoms with Crippen LogP contribution in [-0.2, 0) is 25.7 Å². The van der Waals surface area contributed by atoms with Crippen LogP contribution in [-0.4, -0.2) is 9.85 Å². The van der Waals surface area contributed by atoms with E-state index in [0.717, 1.165) is 25.7 Å². The van der Waals surface area contributed by atoms with Crippen LogP contribution in [0.5, 0.6) is 23.0 Å². The van der Waals surface area contributed by atoms with E-state index in [1.54, 1.807) is 36.4 Å². The van der Waals surface area contributed by atoms with Gasteiger partial charge in [-0.05, 0) is 107 Å². The second kappa shape index (κ2) is 14.5. The number of nitro benzene ring substituents is 2. The van der Waals surface area contributed by atoms with Crippen molar-refractivity contribution in [2.75, 3.05) is 0 Å². The fraction of sp³-hybridized carbons (Fsp3) is 0.143. The van der Waals surface area contributed by atoms with Crippen LogP contribution < -0.4 is 9.47 Å². The van der Waals surface area contributed by atoms with Crippen LogP contribution in [0.2, 0.25) is 0 Å². The highest BCUT2D eigenvalue weighted by molar-refractivity contribution is 5.51. The molecule has 8 rings (SSSR count). The molecular formula is C42H34N2O6. The Balaban J connectivity index is 0.000000157. The third kappa shape index (κ3) is 7.24. The summed E-state index contributed by atoms with van der Waals surface area (Å²) in [5, 5.41) is 22.2. The van der Waals surface area contributed by atoms with Crippen molar-refractivity contribution in [3.63, 3.8) is 0 Å². The minimum atomic E-state index is -0.422. The van der Waals surface area contributed by atoms with Crippen molar-refractivity contribution < 1.29 is 19.3 Å². The number of fused-ring (bicyclic) bond motifs is 2. The minimum absolute atomic E-state index is 0.0230. The van der Waals surface area contributed by atoms with Crippen molar-refractivity contribution in [3.8, 4) is 23.0 Å². The van der Waals surface area contributed by atoms with E-state index in [1.165, 1.54) is 45.5 Å². The molecule has 8 nitrogen and oxygen atoms in total. The Morgan fingerprint density at radius 1 is 0.440 bits per heavy atom. The largest absolute Gasteiger partial charge is 0.450 e. The van der Waals surface area contributed by atoms with Crippen molar-refractivity contribution in [3.05, 3.63) is 199 Å². The lowest BCUT2D eigenvalue weighted by atomic mass is 9.96. The zero-order chi connectivity index (χ0) is 34.5. The molecule has 6 aromatic rings. The summed E-state index contributed by atoms with van der Waals surface area (Å²) >= 11 is 0. The smallest absolute Gasteiger partial charge is 0.311 e. The van der Waals surface area contributed by atoms with E-state index in [0.29, 0.717) is 23.3 Å². The molecule has 2 unspecified atom stereocenters. The molecular weight excluding hydrogens is 628 g/mol.